The van der Waals surface area contributed by atoms with Gasteiger partial charge in [0.15, 0.2) is 0 Å². The summed E-state index contributed by atoms with van der Waals surface area (Å²) in [6.07, 6.45) is 0. The average Bonchev–Trinajstić information content (AvgIpc) is 2.70. The van der Waals surface area contributed by atoms with Crippen LogP contribution in [0.5, 0.6) is 0 Å². The van der Waals surface area contributed by atoms with Crippen LogP contribution in [-0.4, -0.2) is 34.3 Å². The predicted octanol–water partition coefficient (Wildman–Crippen LogP) is 2.01. The lowest BCUT2D eigenvalue weighted by molar-refractivity contribution is -0.130. The summed E-state index contributed by atoms with van der Waals surface area (Å²) in [5.74, 6) is 0.149. The second-order valence-corrected chi connectivity index (χ2v) is 6.94. The fourth-order valence-electron chi connectivity index (χ4n) is 1.62. The van der Waals surface area contributed by atoms with Gasteiger partial charge in [-0.1, -0.05) is 0 Å². The lowest BCUT2D eigenvalue weighted by Crippen LogP contribution is -2.37. The Bertz CT molecular complexity index is 444. The lowest BCUT2D eigenvalue weighted by Gasteiger charge is -2.26. The number of thiophene rings is 1. The zero-order valence-corrected chi connectivity index (χ0v) is 13.1. The van der Waals surface area contributed by atoms with Crippen LogP contribution in [0, 0.1) is 6.92 Å². The molecular formula is C13H20N2O2S2. The Morgan fingerprint density at radius 3 is 2.53 bits per heavy atom. The predicted molar refractivity (Wildman–Crippen MR) is 81.3 cm³/mol. The highest BCUT2D eigenvalue weighted by Gasteiger charge is 2.18. The van der Waals surface area contributed by atoms with Gasteiger partial charge in [0, 0.05) is 15.8 Å². The molecule has 1 aromatic heterocycles. The van der Waals surface area contributed by atoms with Crippen LogP contribution in [0.15, 0.2) is 12.1 Å². The number of hydrogen-bond donors (Lipinski definition) is 1. The van der Waals surface area contributed by atoms with E-state index in [4.69, 9.17) is 5.73 Å². The molecule has 6 heteroatoms. The average molecular weight is 300 g/mol. The number of thioether (sulfide) groups is 1. The van der Waals surface area contributed by atoms with E-state index >= 15 is 0 Å². The summed E-state index contributed by atoms with van der Waals surface area (Å²) in [6, 6.07) is 4.26. The van der Waals surface area contributed by atoms with Crippen LogP contribution in [0.25, 0.3) is 0 Å². The Morgan fingerprint density at radius 2 is 2.05 bits per heavy atom. The van der Waals surface area contributed by atoms with Crippen LogP contribution in [0.1, 0.15) is 23.6 Å². The molecule has 0 aliphatic carbocycles. The number of carbonyl (C=O) groups is 2. The van der Waals surface area contributed by atoms with Gasteiger partial charge in [0.1, 0.15) is 0 Å². The number of primary amides is 1. The molecule has 0 atom stereocenters. The lowest BCUT2D eigenvalue weighted by atomic mass is 10.3. The minimum absolute atomic E-state index is 0.0484. The molecule has 1 rings (SSSR count). The van der Waals surface area contributed by atoms with Crippen molar-refractivity contribution in [2.75, 3.05) is 11.5 Å². The van der Waals surface area contributed by atoms with Crippen LogP contribution in [0.3, 0.4) is 0 Å². The van der Waals surface area contributed by atoms with Gasteiger partial charge in [0.05, 0.1) is 18.1 Å². The van der Waals surface area contributed by atoms with Crippen molar-refractivity contribution in [1.82, 2.24) is 4.90 Å². The highest BCUT2D eigenvalue weighted by Crippen LogP contribution is 2.19. The molecule has 4 nitrogen and oxygen atoms in total. The first-order chi connectivity index (χ1) is 8.90. The Labute approximate surface area is 122 Å². The van der Waals surface area contributed by atoms with Gasteiger partial charge in [0.25, 0.3) is 0 Å². The van der Waals surface area contributed by atoms with E-state index in [-0.39, 0.29) is 23.6 Å². The Balaban J connectivity index is 2.56. The van der Waals surface area contributed by atoms with Crippen molar-refractivity contribution in [1.29, 1.82) is 0 Å². The zero-order valence-electron chi connectivity index (χ0n) is 11.5. The van der Waals surface area contributed by atoms with Gasteiger partial charge < -0.3 is 10.6 Å². The van der Waals surface area contributed by atoms with Gasteiger partial charge in [-0.3, -0.25) is 9.59 Å². The van der Waals surface area contributed by atoms with Crippen molar-refractivity contribution in [2.45, 2.75) is 33.4 Å². The minimum atomic E-state index is -0.386. The molecule has 1 heterocycles. The van der Waals surface area contributed by atoms with Crippen molar-refractivity contribution in [2.24, 2.45) is 5.73 Å². The van der Waals surface area contributed by atoms with E-state index < -0.39 is 0 Å². The highest BCUT2D eigenvalue weighted by molar-refractivity contribution is 8.00. The quantitative estimate of drug-likeness (QED) is 0.838. The second kappa shape index (κ2) is 7.55. The first kappa shape index (κ1) is 16.0. The molecule has 0 fully saturated rings. The van der Waals surface area contributed by atoms with Crippen LogP contribution >= 0.6 is 23.1 Å². The normalized spacial score (nSPS) is 10.7. The Morgan fingerprint density at radius 1 is 1.37 bits per heavy atom. The number of aryl methyl sites for hydroxylation is 1. The summed E-state index contributed by atoms with van der Waals surface area (Å²) in [5, 5.41) is 0. The van der Waals surface area contributed by atoms with Crippen LogP contribution in [-0.2, 0) is 16.1 Å². The Kier molecular flexibility index (Phi) is 6.37. The van der Waals surface area contributed by atoms with E-state index in [1.54, 1.807) is 11.3 Å². The maximum atomic E-state index is 12.1. The van der Waals surface area contributed by atoms with Gasteiger partial charge in [0.2, 0.25) is 11.8 Å². The van der Waals surface area contributed by atoms with Crippen LogP contribution < -0.4 is 5.73 Å². The number of carbonyl (C=O) groups excluding carboxylic acids is 2. The van der Waals surface area contributed by atoms with Gasteiger partial charge in [-0.15, -0.1) is 23.1 Å². The minimum Gasteiger partial charge on any atom is -0.369 e. The second-order valence-electron chi connectivity index (χ2n) is 4.59. The molecule has 0 saturated heterocycles. The van der Waals surface area contributed by atoms with E-state index in [1.807, 2.05) is 18.7 Å². The molecule has 0 unspecified atom stereocenters. The van der Waals surface area contributed by atoms with Crippen molar-refractivity contribution < 1.29 is 9.59 Å². The summed E-state index contributed by atoms with van der Waals surface area (Å²) in [6.45, 7) is 6.68. The Hall–Kier alpha value is -1.01. The van der Waals surface area contributed by atoms with Crippen molar-refractivity contribution >= 4 is 34.9 Å². The summed E-state index contributed by atoms with van der Waals surface area (Å²) in [5.41, 5.74) is 5.06. The largest absolute Gasteiger partial charge is 0.369 e. The number of rotatable bonds is 7. The third-order valence-electron chi connectivity index (χ3n) is 2.54. The number of nitrogens with zero attached hydrogens (tertiary/aromatic N) is 1. The highest BCUT2D eigenvalue weighted by atomic mass is 32.2. The summed E-state index contributed by atoms with van der Waals surface area (Å²) >= 11 is 2.97. The maximum absolute atomic E-state index is 12.1. The van der Waals surface area contributed by atoms with Gasteiger partial charge >= 0.3 is 0 Å². The standard InChI is InChI=1S/C13H20N2O2S2/c1-9(2)15(6-11-5-4-10(3)19-11)13(17)8-18-7-12(14)16/h4-5,9H,6-8H2,1-3H3,(H2,14,16). The third-order valence-corrected chi connectivity index (χ3v) is 4.46. The van der Waals surface area contributed by atoms with Crippen LogP contribution in [0.4, 0.5) is 0 Å². The first-order valence-electron chi connectivity index (χ1n) is 6.11. The molecule has 2 amide bonds. The molecule has 0 bridgehead atoms. The van der Waals surface area contributed by atoms with Crippen molar-refractivity contribution in [3.63, 3.8) is 0 Å². The molecular weight excluding hydrogens is 280 g/mol. The summed E-state index contributed by atoms with van der Waals surface area (Å²) in [4.78, 5) is 27.0. The molecule has 0 aliphatic rings. The topological polar surface area (TPSA) is 63.4 Å². The summed E-state index contributed by atoms with van der Waals surface area (Å²) < 4.78 is 0. The van der Waals surface area contributed by atoms with Crippen molar-refractivity contribution in [3.05, 3.63) is 21.9 Å². The molecule has 1 aromatic rings. The number of amides is 2. The molecule has 0 aromatic carbocycles. The molecule has 106 valence electrons. The molecule has 0 saturated carbocycles. The molecule has 0 spiro atoms. The summed E-state index contributed by atoms with van der Waals surface area (Å²) in [7, 11) is 0. The van der Waals surface area contributed by atoms with Crippen LogP contribution in [0.2, 0.25) is 0 Å². The van der Waals surface area contributed by atoms with Gasteiger partial charge in [-0.05, 0) is 32.9 Å². The fourth-order valence-corrected chi connectivity index (χ4v) is 3.15. The van der Waals surface area contributed by atoms with E-state index in [1.165, 1.54) is 21.5 Å². The zero-order chi connectivity index (χ0) is 14.4. The van der Waals surface area contributed by atoms with E-state index in [2.05, 4.69) is 19.1 Å². The fraction of sp³-hybridized carbons (Fsp3) is 0.538. The smallest absolute Gasteiger partial charge is 0.233 e. The van der Waals surface area contributed by atoms with E-state index in [9.17, 15) is 9.59 Å². The first-order valence-corrected chi connectivity index (χ1v) is 8.08. The molecule has 19 heavy (non-hydrogen) atoms. The number of hydrogen-bond acceptors (Lipinski definition) is 4. The maximum Gasteiger partial charge on any atom is 0.233 e. The molecule has 0 radical (unpaired) electrons. The third kappa shape index (κ3) is 5.65. The molecule has 0 aliphatic heterocycles. The van der Waals surface area contributed by atoms with Gasteiger partial charge in [-0.25, -0.2) is 0 Å². The van der Waals surface area contributed by atoms with Crippen molar-refractivity contribution in [3.8, 4) is 0 Å². The van der Waals surface area contributed by atoms with E-state index in [0.717, 1.165) is 0 Å². The van der Waals surface area contributed by atoms with Gasteiger partial charge in [-0.2, -0.15) is 0 Å². The SMILES string of the molecule is Cc1ccc(CN(C(=O)CSCC(N)=O)C(C)C)s1. The van der Waals surface area contributed by atoms with E-state index in [0.29, 0.717) is 12.3 Å². The monoisotopic (exact) mass is 300 g/mol. The number of nitrogens with two attached hydrogens (primary N) is 1. The molecule has 2 N–H and O–H groups in total.